The quantitative estimate of drug-likeness (QED) is 0.543. The topological polar surface area (TPSA) is 97.1 Å². The summed E-state index contributed by atoms with van der Waals surface area (Å²) >= 11 is 0. The van der Waals surface area contributed by atoms with Crippen molar-refractivity contribution in [3.8, 4) is 11.3 Å². The molecule has 4 aromatic rings. The summed E-state index contributed by atoms with van der Waals surface area (Å²) in [4.78, 5) is 8.35. The van der Waals surface area contributed by atoms with E-state index in [2.05, 4.69) is 20.0 Å². The van der Waals surface area contributed by atoms with Crippen LogP contribution in [-0.2, 0) is 10.0 Å². The van der Waals surface area contributed by atoms with E-state index in [0.717, 1.165) is 22.6 Å². The van der Waals surface area contributed by atoms with Gasteiger partial charge < -0.3 is 9.73 Å². The van der Waals surface area contributed by atoms with Crippen LogP contribution in [0.15, 0.2) is 71.5 Å². The Bertz CT molecular complexity index is 1220. The number of nitrogens with zero attached hydrogens (tertiary/aromatic N) is 2. The van der Waals surface area contributed by atoms with Crippen LogP contribution in [0.25, 0.3) is 22.1 Å². The standard InChI is InChI=1S/C19H16N4O3S/c1-27(24,25)23-17-4-2-3-16(10-17)22-19-21-12-18(26-19)14-5-6-15-11-20-8-7-13(15)9-14/h2-12,23H,1H3,(H,21,22). The first-order valence-electron chi connectivity index (χ1n) is 8.11. The zero-order chi connectivity index (χ0) is 18.9. The maximum atomic E-state index is 11.4. The highest BCUT2D eigenvalue weighted by atomic mass is 32.2. The second-order valence-electron chi connectivity index (χ2n) is 6.05. The van der Waals surface area contributed by atoms with E-state index in [4.69, 9.17) is 4.42 Å². The average molecular weight is 380 g/mol. The summed E-state index contributed by atoms with van der Waals surface area (Å²) in [7, 11) is -3.34. The molecular formula is C19H16N4O3S. The number of aromatic nitrogens is 2. The van der Waals surface area contributed by atoms with E-state index < -0.39 is 10.0 Å². The molecule has 2 aromatic carbocycles. The summed E-state index contributed by atoms with van der Waals surface area (Å²) < 4.78 is 30.9. The van der Waals surface area contributed by atoms with Crippen LogP contribution in [0, 0.1) is 0 Å². The molecule has 0 atom stereocenters. The molecule has 2 aromatic heterocycles. The SMILES string of the molecule is CS(=O)(=O)Nc1cccc(Nc2ncc(-c3ccc4cnccc4c3)o2)c1. The third-order valence-corrected chi connectivity index (χ3v) is 4.45. The third kappa shape index (κ3) is 4.06. The molecule has 0 spiro atoms. The molecule has 0 bridgehead atoms. The summed E-state index contributed by atoms with van der Waals surface area (Å²) in [6, 6.07) is 15.0. The van der Waals surface area contributed by atoms with E-state index in [1.807, 2.05) is 30.5 Å². The Morgan fingerprint density at radius 1 is 0.963 bits per heavy atom. The number of benzene rings is 2. The van der Waals surface area contributed by atoms with Gasteiger partial charge in [-0.3, -0.25) is 9.71 Å². The Labute approximate surface area is 156 Å². The molecule has 7 nitrogen and oxygen atoms in total. The minimum absolute atomic E-state index is 0.316. The van der Waals surface area contributed by atoms with Crippen molar-refractivity contribution in [3.63, 3.8) is 0 Å². The fourth-order valence-corrected chi connectivity index (χ4v) is 3.26. The average Bonchev–Trinajstić information content (AvgIpc) is 3.08. The number of sulfonamides is 1. The van der Waals surface area contributed by atoms with Gasteiger partial charge in [-0.25, -0.2) is 13.4 Å². The van der Waals surface area contributed by atoms with Gasteiger partial charge in [0.1, 0.15) is 0 Å². The number of hydrogen-bond acceptors (Lipinski definition) is 6. The molecule has 0 fully saturated rings. The van der Waals surface area contributed by atoms with Crippen molar-refractivity contribution in [1.29, 1.82) is 0 Å². The molecule has 0 saturated carbocycles. The second kappa shape index (κ2) is 6.73. The number of hydrogen-bond donors (Lipinski definition) is 2. The molecule has 0 aliphatic heterocycles. The predicted molar refractivity (Wildman–Crippen MR) is 105 cm³/mol. The molecule has 0 aliphatic carbocycles. The smallest absolute Gasteiger partial charge is 0.299 e. The van der Waals surface area contributed by atoms with Gasteiger partial charge in [0.05, 0.1) is 18.1 Å². The summed E-state index contributed by atoms with van der Waals surface area (Å²) in [5.74, 6) is 0.627. The van der Waals surface area contributed by atoms with Gasteiger partial charge in [0, 0.05) is 29.0 Å². The molecule has 8 heteroatoms. The van der Waals surface area contributed by atoms with Crippen LogP contribution in [0.3, 0.4) is 0 Å². The fourth-order valence-electron chi connectivity index (χ4n) is 2.70. The van der Waals surface area contributed by atoms with Crippen molar-refractivity contribution in [1.82, 2.24) is 9.97 Å². The first kappa shape index (κ1) is 17.0. The first-order valence-corrected chi connectivity index (χ1v) is 10.0. The Balaban J connectivity index is 1.56. The zero-order valence-electron chi connectivity index (χ0n) is 14.4. The molecule has 2 heterocycles. The van der Waals surface area contributed by atoms with E-state index in [1.165, 1.54) is 0 Å². The van der Waals surface area contributed by atoms with Gasteiger partial charge in [0.25, 0.3) is 6.01 Å². The summed E-state index contributed by atoms with van der Waals surface area (Å²) in [5.41, 5.74) is 2.01. The maximum Gasteiger partial charge on any atom is 0.299 e. The molecule has 4 rings (SSSR count). The molecule has 136 valence electrons. The van der Waals surface area contributed by atoms with Crippen molar-refractivity contribution < 1.29 is 12.8 Å². The van der Waals surface area contributed by atoms with Crippen LogP contribution in [0.1, 0.15) is 0 Å². The maximum absolute atomic E-state index is 11.4. The molecule has 2 N–H and O–H groups in total. The van der Waals surface area contributed by atoms with E-state index >= 15 is 0 Å². The number of nitrogens with one attached hydrogen (secondary N) is 2. The number of oxazole rings is 1. The van der Waals surface area contributed by atoms with Gasteiger partial charge in [0.2, 0.25) is 10.0 Å². The minimum atomic E-state index is -3.34. The van der Waals surface area contributed by atoms with E-state index in [0.29, 0.717) is 23.1 Å². The van der Waals surface area contributed by atoms with Crippen LogP contribution in [0.5, 0.6) is 0 Å². The Kier molecular flexibility index (Phi) is 4.25. The van der Waals surface area contributed by atoms with E-state index in [-0.39, 0.29) is 0 Å². The lowest BCUT2D eigenvalue weighted by molar-refractivity contribution is 0.592. The minimum Gasteiger partial charge on any atom is -0.423 e. The van der Waals surface area contributed by atoms with Crippen molar-refractivity contribution in [2.75, 3.05) is 16.3 Å². The van der Waals surface area contributed by atoms with E-state index in [9.17, 15) is 8.42 Å². The monoisotopic (exact) mass is 380 g/mol. The lowest BCUT2D eigenvalue weighted by atomic mass is 10.1. The number of pyridine rings is 1. The van der Waals surface area contributed by atoms with Crippen molar-refractivity contribution in [2.45, 2.75) is 0 Å². The molecule has 0 saturated heterocycles. The molecule has 27 heavy (non-hydrogen) atoms. The second-order valence-corrected chi connectivity index (χ2v) is 7.80. The largest absolute Gasteiger partial charge is 0.423 e. The molecule has 0 aliphatic rings. The van der Waals surface area contributed by atoms with Gasteiger partial charge >= 0.3 is 0 Å². The number of anilines is 3. The highest BCUT2D eigenvalue weighted by Crippen LogP contribution is 2.27. The highest BCUT2D eigenvalue weighted by Gasteiger charge is 2.09. The predicted octanol–water partition coefficient (Wildman–Crippen LogP) is 4.00. The zero-order valence-corrected chi connectivity index (χ0v) is 15.2. The number of fused-ring (bicyclic) bond motifs is 1. The molecule has 0 radical (unpaired) electrons. The normalized spacial score (nSPS) is 11.4. The van der Waals surface area contributed by atoms with Crippen LogP contribution in [0.2, 0.25) is 0 Å². The van der Waals surface area contributed by atoms with Crippen LogP contribution >= 0.6 is 0 Å². The van der Waals surface area contributed by atoms with Crippen LogP contribution in [-0.4, -0.2) is 24.6 Å². The molecule has 0 amide bonds. The van der Waals surface area contributed by atoms with Gasteiger partial charge in [-0.15, -0.1) is 0 Å². The van der Waals surface area contributed by atoms with Crippen molar-refractivity contribution >= 4 is 38.2 Å². The van der Waals surface area contributed by atoms with Gasteiger partial charge in [-0.05, 0) is 35.7 Å². The fraction of sp³-hybridized carbons (Fsp3) is 0.0526. The van der Waals surface area contributed by atoms with Crippen LogP contribution < -0.4 is 10.0 Å². The Morgan fingerprint density at radius 2 is 1.81 bits per heavy atom. The van der Waals surface area contributed by atoms with Crippen LogP contribution in [0.4, 0.5) is 17.4 Å². The number of rotatable bonds is 5. The van der Waals surface area contributed by atoms with E-state index in [1.54, 1.807) is 36.7 Å². The van der Waals surface area contributed by atoms with Gasteiger partial charge in [0.15, 0.2) is 5.76 Å². The lowest BCUT2D eigenvalue weighted by Gasteiger charge is -2.06. The lowest BCUT2D eigenvalue weighted by Crippen LogP contribution is -2.09. The summed E-state index contributed by atoms with van der Waals surface area (Å²) in [6.07, 6.45) is 6.30. The Morgan fingerprint density at radius 3 is 2.67 bits per heavy atom. The summed E-state index contributed by atoms with van der Waals surface area (Å²) in [5, 5.41) is 5.15. The van der Waals surface area contributed by atoms with Gasteiger partial charge in [-0.1, -0.05) is 18.2 Å². The Hall–Kier alpha value is -3.39. The summed E-state index contributed by atoms with van der Waals surface area (Å²) in [6.45, 7) is 0. The third-order valence-electron chi connectivity index (χ3n) is 3.85. The molecular weight excluding hydrogens is 364 g/mol. The van der Waals surface area contributed by atoms with Gasteiger partial charge in [-0.2, -0.15) is 0 Å². The molecule has 0 unspecified atom stereocenters. The van der Waals surface area contributed by atoms with Crippen molar-refractivity contribution in [3.05, 3.63) is 67.1 Å². The highest BCUT2D eigenvalue weighted by molar-refractivity contribution is 7.92. The first-order chi connectivity index (χ1) is 13.0. The van der Waals surface area contributed by atoms with Crippen molar-refractivity contribution in [2.24, 2.45) is 0 Å².